The van der Waals surface area contributed by atoms with Crippen molar-refractivity contribution in [3.8, 4) is 11.3 Å². The summed E-state index contributed by atoms with van der Waals surface area (Å²) in [5.74, 6) is 0.185. The summed E-state index contributed by atoms with van der Waals surface area (Å²) in [5.41, 5.74) is 8.16. The van der Waals surface area contributed by atoms with Gasteiger partial charge in [-0.05, 0) is 22.0 Å². The minimum Gasteiger partial charge on any atom is -0.383 e. The van der Waals surface area contributed by atoms with Gasteiger partial charge in [-0.15, -0.1) is 0 Å². The minimum absolute atomic E-state index is 0.185. The molecule has 0 bridgehead atoms. The Morgan fingerprint density at radius 1 is 1.36 bits per heavy atom. The number of fused-ring (bicyclic) bond motifs is 1. The van der Waals surface area contributed by atoms with E-state index in [9.17, 15) is 0 Å². The lowest BCUT2D eigenvalue weighted by Gasteiger charge is -2.03. The first-order chi connectivity index (χ1) is 10.6. The molecule has 0 atom stereocenters. The maximum Gasteiger partial charge on any atom is 0.220 e. The molecule has 8 heteroatoms. The van der Waals surface area contributed by atoms with E-state index in [0.717, 1.165) is 21.1 Å². The fourth-order valence-electron chi connectivity index (χ4n) is 2.30. The first kappa shape index (κ1) is 15.2. The number of nitrogens with two attached hydrogens (primary N) is 1. The zero-order valence-corrected chi connectivity index (χ0v) is 14.1. The van der Waals surface area contributed by atoms with Gasteiger partial charge < -0.3 is 15.0 Å². The molecule has 114 valence electrons. The third-order valence-corrected chi connectivity index (χ3v) is 4.00. The van der Waals surface area contributed by atoms with Crippen LogP contribution in [0, 0.1) is 0 Å². The Morgan fingerprint density at radius 3 is 2.95 bits per heavy atom. The molecule has 0 fully saturated rings. The van der Waals surface area contributed by atoms with Gasteiger partial charge in [-0.2, -0.15) is 0 Å². The lowest BCUT2D eigenvalue weighted by molar-refractivity contribution is 0.188. The molecular weight excluding hydrogens is 370 g/mol. The molecule has 0 amide bonds. The molecule has 0 spiro atoms. The van der Waals surface area contributed by atoms with E-state index >= 15 is 0 Å². The van der Waals surface area contributed by atoms with Gasteiger partial charge >= 0.3 is 0 Å². The van der Waals surface area contributed by atoms with Crippen LogP contribution in [0.4, 0.5) is 5.95 Å². The number of anilines is 1. The topological polar surface area (TPSA) is 78.9 Å². The molecule has 22 heavy (non-hydrogen) atoms. The van der Waals surface area contributed by atoms with Crippen molar-refractivity contribution in [3.05, 3.63) is 34.3 Å². The first-order valence-electron chi connectivity index (χ1n) is 6.52. The van der Waals surface area contributed by atoms with Crippen LogP contribution in [0.15, 0.2) is 29.3 Å². The molecule has 0 saturated heterocycles. The number of methoxy groups -OCH3 is 1. The predicted octanol–water partition coefficient (Wildman–Crippen LogP) is 3.14. The zero-order chi connectivity index (χ0) is 15.7. The molecule has 0 radical (unpaired) electrons. The molecule has 0 aliphatic rings. The Bertz CT molecular complexity index is 835. The number of nitrogen functional groups attached to an aromatic ring is 1. The fraction of sp³-hybridized carbons (Fsp3) is 0.214. The van der Waals surface area contributed by atoms with Gasteiger partial charge in [0.2, 0.25) is 5.95 Å². The standard InChI is InChI=1S/C14H13BrClN5O/c1-22-3-2-21-7-9(8-4-12(15)18-6-11(8)21)13-10(16)5-19-14(17)20-13/h4-7H,2-3H2,1H3,(H2,17,19,20). The number of hydrogen-bond donors (Lipinski definition) is 1. The maximum absolute atomic E-state index is 6.24. The second kappa shape index (κ2) is 6.20. The quantitative estimate of drug-likeness (QED) is 0.701. The van der Waals surface area contributed by atoms with Crippen molar-refractivity contribution in [3.63, 3.8) is 0 Å². The van der Waals surface area contributed by atoms with Gasteiger partial charge in [-0.3, -0.25) is 0 Å². The average molecular weight is 383 g/mol. The second-order valence-corrected chi connectivity index (χ2v) is 5.90. The Labute approximate surface area is 140 Å². The number of rotatable bonds is 4. The van der Waals surface area contributed by atoms with E-state index in [0.29, 0.717) is 23.9 Å². The average Bonchev–Trinajstić information content (AvgIpc) is 2.85. The highest BCUT2D eigenvalue weighted by molar-refractivity contribution is 9.10. The summed E-state index contributed by atoms with van der Waals surface area (Å²) >= 11 is 9.64. The molecule has 0 aliphatic carbocycles. The molecule has 0 unspecified atom stereocenters. The summed E-state index contributed by atoms with van der Waals surface area (Å²) in [5, 5.41) is 1.44. The number of nitrogens with zero attached hydrogens (tertiary/aromatic N) is 4. The molecule has 0 aliphatic heterocycles. The normalized spacial score (nSPS) is 11.2. The summed E-state index contributed by atoms with van der Waals surface area (Å²) in [7, 11) is 1.67. The second-order valence-electron chi connectivity index (χ2n) is 4.68. The van der Waals surface area contributed by atoms with Gasteiger partial charge in [-0.25, -0.2) is 15.0 Å². The van der Waals surface area contributed by atoms with E-state index in [1.165, 1.54) is 6.20 Å². The summed E-state index contributed by atoms with van der Waals surface area (Å²) in [6.07, 6.45) is 5.29. The highest BCUT2D eigenvalue weighted by Gasteiger charge is 2.15. The number of pyridine rings is 1. The van der Waals surface area contributed by atoms with E-state index in [4.69, 9.17) is 22.1 Å². The Morgan fingerprint density at radius 2 is 2.18 bits per heavy atom. The minimum atomic E-state index is 0.185. The largest absolute Gasteiger partial charge is 0.383 e. The van der Waals surface area contributed by atoms with Crippen LogP contribution in [0.25, 0.3) is 22.2 Å². The van der Waals surface area contributed by atoms with Gasteiger partial charge in [0.25, 0.3) is 0 Å². The monoisotopic (exact) mass is 381 g/mol. The molecule has 3 heterocycles. The SMILES string of the molecule is COCCn1cc(-c2nc(N)ncc2Cl)c2cc(Br)ncc21. The lowest BCUT2D eigenvalue weighted by Crippen LogP contribution is -2.02. The molecule has 6 nitrogen and oxygen atoms in total. The summed E-state index contributed by atoms with van der Waals surface area (Å²) in [4.78, 5) is 12.5. The van der Waals surface area contributed by atoms with Crippen molar-refractivity contribution in [2.75, 3.05) is 19.5 Å². The Balaban J connectivity index is 2.24. The van der Waals surface area contributed by atoms with Crippen LogP contribution in [-0.2, 0) is 11.3 Å². The Kier molecular flexibility index (Phi) is 4.28. The third-order valence-electron chi connectivity index (χ3n) is 3.29. The zero-order valence-electron chi connectivity index (χ0n) is 11.8. The van der Waals surface area contributed by atoms with E-state index in [1.54, 1.807) is 13.3 Å². The molecule has 3 aromatic heterocycles. The molecule has 0 aromatic carbocycles. The number of halogens is 2. The van der Waals surface area contributed by atoms with Crippen molar-refractivity contribution in [2.45, 2.75) is 6.54 Å². The van der Waals surface area contributed by atoms with Crippen LogP contribution in [0.2, 0.25) is 5.02 Å². The third kappa shape index (κ3) is 2.79. The van der Waals surface area contributed by atoms with E-state index < -0.39 is 0 Å². The van der Waals surface area contributed by atoms with Gasteiger partial charge in [0.05, 0.1) is 35.2 Å². The smallest absolute Gasteiger partial charge is 0.220 e. The van der Waals surface area contributed by atoms with Crippen LogP contribution in [0.5, 0.6) is 0 Å². The maximum atomic E-state index is 6.24. The van der Waals surface area contributed by atoms with Gasteiger partial charge in [0.1, 0.15) is 4.60 Å². The summed E-state index contributed by atoms with van der Waals surface area (Å²) in [6.45, 7) is 1.30. The fourth-order valence-corrected chi connectivity index (χ4v) is 2.82. The van der Waals surface area contributed by atoms with E-state index in [2.05, 4.69) is 35.4 Å². The van der Waals surface area contributed by atoms with E-state index in [-0.39, 0.29) is 5.95 Å². The molecule has 3 aromatic rings. The van der Waals surface area contributed by atoms with Crippen molar-refractivity contribution in [2.24, 2.45) is 0 Å². The summed E-state index contributed by atoms with van der Waals surface area (Å²) < 4.78 is 7.95. The van der Waals surface area contributed by atoms with E-state index in [1.807, 2.05) is 12.3 Å². The highest BCUT2D eigenvalue weighted by atomic mass is 79.9. The van der Waals surface area contributed by atoms with Crippen LogP contribution < -0.4 is 5.73 Å². The molecule has 2 N–H and O–H groups in total. The lowest BCUT2D eigenvalue weighted by atomic mass is 10.1. The summed E-state index contributed by atoms with van der Waals surface area (Å²) in [6, 6.07) is 1.93. The van der Waals surface area contributed by atoms with Crippen LogP contribution in [0.1, 0.15) is 0 Å². The first-order valence-corrected chi connectivity index (χ1v) is 7.69. The van der Waals surface area contributed by atoms with Crippen molar-refractivity contribution in [1.82, 2.24) is 19.5 Å². The van der Waals surface area contributed by atoms with Crippen molar-refractivity contribution >= 4 is 44.4 Å². The molecular formula is C14H13BrClN5O. The van der Waals surface area contributed by atoms with Gasteiger partial charge in [0, 0.05) is 30.8 Å². The highest BCUT2D eigenvalue weighted by Crippen LogP contribution is 2.34. The van der Waals surface area contributed by atoms with Crippen LogP contribution in [-0.4, -0.2) is 33.2 Å². The van der Waals surface area contributed by atoms with Crippen LogP contribution in [0.3, 0.4) is 0 Å². The molecule has 0 saturated carbocycles. The number of hydrogen-bond acceptors (Lipinski definition) is 5. The molecule has 3 rings (SSSR count). The van der Waals surface area contributed by atoms with Crippen molar-refractivity contribution < 1.29 is 4.74 Å². The van der Waals surface area contributed by atoms with Crippen LogP contribution >= 0.6 is 27.5 Å². The Hall–Kier alpha value is -1.70. The predicted molar refractivity (Wildman–Crippen MR) is 89.8 cm³/mol. The van der Waals surface area contributed by atoms with Gasteiger partial charge in [0.15, 0.2) is 0 Å². The van der Waals surface area contributed by atoms with Crippen molar-refractivity contribution in [1.29, 1.82) is 0 Å². The van der Waals surface area contributed by atoms with Gasteiger partial charge in [-0.1, -0.05) is 11.6 Å². The number of ether oxygens (including phenoxy) is 1. The number of aromatic nitrogens is 4.